The van der Waals surface area contributed by atoms with Crippen molar-refractivity contribution in [2.75, 3.05) is 13.1 Å². The molecule has 3 aromatic rings. The van der Waals surface area contributed by atoms with Crippen LogP contribution in [0.3, 0.4) is 0 Å². The van der Waals surface area contributed by atoms with Gasteiger partial charge in [-0.15, -0.1) is 0 Å². The Balaban J connectivity index is 1.60. The van der Waals surface area contributed by atoms with E-state index in [9.17, 15) is 29.4 Å². The SMILES string of the molecule is NCC(=O)NC(Cc1c[nH]c2ccccc12)C(=O)NC(Cc1ccc(O)cc1)C(=O)N1CCCC1C(=O)O. The molecule has 1 fully saturated rings. The molecule has 0 radical (unpaired) electrons. The van der Waals surface area contributed by atoms with Crippen molar-refractivity contribution in [3.8, 4) is 5.75 Å². The summed E-state index contributed by atoms with van der Waals surface area (Å²) in [5.41, 5.74) is 7.82. The lowest BCUT2D eigenvalue weighted by Gasteiger charge is -2.29. The van der Waals surface area contributed by atoms with Crippen molar-refractivity contribution in [2.24, 2.45) is 5.73 Å². The highest BCUT2D eigenvalue weighted by Crippen LogP contribution is 2.22. The number of phenolic OH excluding ortho intramolecular Hbond substituents is 1. The Kier molecular flexibility index (Phi) is 8.27. The Labute approximate surface area is 219 Å². The molecule has 1 aromatic heterocycles. The molecular weight excluding hydrogens is 490 g/mol. The molecular formula is C27H31N5O6. The molecule has 1 aliphatic rings. The number of likely N-dealkylation sites (tertiary alicyclic amines) is 1. The predicted molar refractivity (Wildman–Crippen MR) is 139 cm³/mol. The number of amides is 3. The number of benzene rings is 2. The van der Waals surface area contributed by atoms with Gasteiger partial charge in [0.15, 0.2) is 0 Å². The summed E-state index contributed by atoms with van der Waals surface area (Å²) in [6, 6.07) is 10.6. The van der Waals surface area contributed by atoms with E-state index in [0.717, 1.165) is 16.5 Å². The summed E-state index contributed by atoms with van der Waals surface area (Å²) in [5.74, 6) is -2.70. The Hall–Kier alpha value is -4.38. The maximum absolute atomic E-state index is 13.5. The second kappa shape index (κ2) is 11.8. The minimum Gasteiger partial charge on any atom is -0.508 e. The van der Waals surface area contributed by atoms with Crippen LogP contribution < -0.4 is 16.4 Å². The van der Waals surface area contributed by atoms with E-state index in [1.165, 1.54) is 17.0 Å². The topological polar surface area (TPSA) is 178 Å². The van der Waals surface area contributed by atoms with Crippen molar-refractivity contribution in [3.63, 3.8) is 0 Å². The van der Waals surface area contributed by atoms with Crippen LogP contribution in [0.1, 0.15) is 24.0 Å². The quantitative estimate of drug-likeness (QED) is 0.227. The summed E-state index contributed by atoms with van der Waals surface area (Å²) in [7, 11) is 0. The third kappa shape index (κ3) is 6.12. The number of nitrogens with two attached hydrogens (primary N) is 1. The van der Waals surface area contributed by atoms with Crippen molar-refractivity contribution in [1.82, 2.24) is 20.5 Å². The number of aromatic amines is 1. The van der Waals surface area contributed by atoms with Crippen molar-refractivity contribution >= 4 is 34.6 Å². The minimum absolute atomic E-state index is 0.0504. The van der Waals surface area contributed by atoms with Gasteiger partial charge in [-0.3, -0.25) is 14.4 Å². The first kappa shape index (κ1) is 26.7. The van der Waals surface area contributed by atoms with E-state index < -0.39 is 41.8 Å². The van der Waals surface area contributed by atoms with E-state index in [0.29, 0.717) is 18.4 Å². The second-order valence-electron chi connectivity index (χ2n) is 9.35. The third-order valence-electron chi connectivity index (χ3n) is 6.75. The summed E-state index contributed by atoms with van der Waals surface area (Å²) >= 11 is 0. The number of carbonyl (C=O) groups excluding carboxylic acids is 3. The molecule has 3 atom stereocenters. The highest BCUT2D eigenvalue weighted by atomic mass is 16.4. The van der Waals surface area contributed by atoms with Gasteiger partial charge in [0.2, 0.25) is 17.7 Å². The maximum atomic E-state index is 13.5. The number of phenols is 1. The predicted octanol–water partition coefficient (Wildman–Crippen LogP) is 0.663. The average molecular weight is 522 g/mol. The monoisotopic (exact) mass is 521 g/mol. The largest absolute Gasteiger partial charge is 0.508 e. The van der Waals surface area contributed by atoms with Crippen LogP contribution in [-0.4, -0.2) is 75.0 Å². The number of nitrogens with one attached hydrogen (secondary N) is 3. The molecule has 0 saturated carbocycles. The Morgan fingerprint density at radius 2 is 1.76 bits per heavy atom. The van der Waals surface area contributed by atoms with Crippen molar-refractivity contribution < 1.29 is 29.4 Å². The lowest BCUT2D eigenvalue weighted by Crippen LogP contribution is -2.57. The lowest BCUT2D eigenvalue weighted by molar-refractivity contribution is -0.149. The van der Waals surface area contributed by atoms with Crippen LogP contribution in [0, 0.1) is 0 Å². The molecule has 11 heteroatoms. The van der Waals surface area contributed by atoms with E-state index >= 15 is 0 Å². The molecule has 1 aliphatic heterocycles. The molecule has 2 aromatic carbocycles. The molecule has 0 bridgehead atoms. The molecule has 0 aliphatic carbocycles. The van der Waals surface area contributed by atoms with Gasteiger partial charge in [-0.2, -0.15) is 0 Å². The molecule has 11 nitrogen and oxygen atoms in total. The number of aromatic nitrogens is 1. The summed E-state index contributed by atoms with van der Waals surface area (Å²) in [6.45, 7) is -0.0535. The van der Waals surface area contributed by atoms with Gasteiger partial charge in [-0.1, -0.05) is 30.3 Å². The van der Waals surface area contributed by atoms with Crippen molar-refractivity contribution in [2.45, 2.75) is 43.8 Å². The number of carboxylic acid groups (broad SMARTS) is 1. The Morgan fingerprint density at radius 3 is 2.47 bits per heavy atom. The van der Waals surface area contributed by atoms with Crippen LogP contribution in [-0.2, 0) is 32.0 Å². The van der Waals surface area contributed by atoms with Gasteiger partial charge < -0.3 is 36.5 Å². The zero-order valence-electron chi connectivity index (χ0n) is 20.7. The first-order valence-electron chi connectivity index (χ1n) is 12.4. The zero-order valence-corrected chi connectivity index (χ0v) is 20.7. The molecule has 200 valence electrons. The van der Waals surface area contributed by atoms with Gasteiger partial charge >= 0.3 is 5.97 Å². The fraction of sp³-hybridized carbons (Fsp3) is 0.333. The van der Waals surface area contributed by atoms with Gasteiger partial charge in [0.25, 0.3) is 0 Å². The van der Waals surface area contributed by atoms with E-state index in [1.54, 1.807) is 18.3 Å². The fourth-order valence-corrected chi connectivity index (χ4v) is 4.81. The summed E-state index contributed by atoms with van der Waals surface area (Å²) in [6.07, 6.45) is 2.84. The number of nitrogens with zero attached hydrogens (tertiary/aromatic N) is 1. The number of carboxylic acids is 1. The fourth-order valence-electron chi connectivity index (χ4n) is 4.81. The third-order valence-corrected chi connectivity index (χ3v) is 6.75. The van der Waals surface area contributed by atoms with Crippen LogP contribution in [0.15, 0.2) is 54.7 Å². The average Bonchev–Trinajstić information content (AvgIpc) is 3.56. The number of hydrogen-bond donors (Lipinski definition) is 6. The highest BCUT2D eigenvalue weighted by molar-refractivity contribution is 5.94. The van der Waals surface area contributed by atoms with Crippen LogP contribution >= 0.6 is 0 Å². The molecule has 2 heterocycles. The summed E-state index contributed by atoms with van der Waals surface area (Å²) in [5, 5.41) is 25.5. The molecule has 7 N–H and O–H groups in total. The van der Waals surface area contributed by atoms with Crippen LogP contribution in [0.4, 0.5) is 0 Å². The first-order chi connectivity index (χ1) is 18.3. The molecule has 4 rings (SSSR count). The summed E-state index contributed by atoms with van der Waals surface area (Å²) < 4.78 is 0. The van der Waals surface area contributed by atoms with Crippen molar-refractivity contribution in [1.29, 1.82) is 0 Å². The number of fused-ring (bicyclic) bond motifs is 1. The Bertz CT molecular complexity index is 1320. The van der Waals surface area contributed by atoms with E-state index in [4.69, 9.17) is 5.73 Å². The number of para-hydroxylation sites is 1. The molecule has 38 heavy (non-hydrogen) atoms. The van der Waals surface area contributed by atoms with E-state index in [1.807, 2.05) is 24.3 Å². The van der Waals surface area contributed by atoms with Crippen LogP contribution in [0.25, 0.3) is 10.9 Å². The minimum atomic E-state index is -1.10. The molecule has 0 spiro atoms. The number of H-pyrrole nitrogens is 1. The number of carbonyl (C=O) groups is 4. The molecule has 3 unspecified atom stereocenters. The Morgan fingerprint density at radius 1 is 1.03 bits per heavy atom. The second-order valence-corrected chi connectivity index (χ2v) is 9.35. The number of aliphatic carboxylic acids is 1. The van der Waals surface area contributed by atoms with Gasteiger partial charge in [-0.05, 0) is 42.2 Å². The van der Waals surface area contributed by atoms with Crippen molar-refractivity contribution in [3.05, 3.63) is 65.9 Å². The van der Waals surface area contributed by atoms with Crippen LogP contribution in [0.2, 0.25) is 0 Å². The van der Waals surface area contributed by atoms with Gasteiger partial charge in [0, 0.05) is 36.5 Å². The van der Waals surface area contributed by atoms with E-state index in [-0.39, 0.29) is 31.7 Å². The number of hydrogen-bond acceptors (Lipinski definition) is 6. The number of rotatable bonds is 10. The van der Waals surface area contributed by atoms with E-state index in [2.05, 4.69) is 15.6 Å². The molecule has 3 amide bonds. The standard InChI is InChI=1S/C27H31N5O6/c28-14-24(34)30-21(13-17-15-29-20-5-2-1-4-19(17)20)25(35)31-22(12-16-7-9-18(33)10-8-16)26(36)32-11-3-6-23(32)27(37)38/h1-2,4-5,7-10,15,21-23,29,33H,3,6,11-14,28H2,(H,30,34)(H,31,35)(H,37,38). The lowest BCUT2D eigenvalue weighted by atomic mass is 10.0. The van der Waals surface area contributed by atoms with Gasteiger partial charge in [-0.25, -0.2) is 4.79 Å². The normalized spacial score (nSPS) is 16.7. The van der Waals surface area contributed by atoms with Crippen LogP contribution in [0.5, 0.6) is 5.75 Å². The summed E-state index contributed by atoms with van der Waals surface area (Å²) in [4.78, 5) is 55.4. The van der Waals surface area contributed by atoms with Gasteiger partial charge in [0.1, 0.15) is 23.9 Å². The first-order valence-corrected chi connectivity index (χ1v) is 12.4. The smallest absolute Gasteiger partial charge is 0.326 e. The zero-order chi connectivity index (χ0) is 27.2. The maximum Gasteiger partial charge on any atom is 0.326 e. The highest BCUT2D eigenvalue weighted by Gasteiger charge is 2.38. The molecule has 1 saturated heterocycles. The number of aromatic hydroxyl groups is 1. The van der Waals surface area contributed by atoms with Gasteiger partial charge in [0.05, 0.1) is 6.54 Å².